The first-order valence-corrected chi connectivity index (χ1v) is 24.6. The molecule has 0 heterocycles. The first kappa shape index (κ1) is 166. The molecule has 0 bridgehead atoms. The van der Waals surface area contributed by atoms with Crippen LogP contribution in [0.5, 0.6) is 0 Å². The molecule has 1 N–H and O–H groups in total. The van der Waals surface area contributed by atoms with Crippen molar-refractivity contribution in [3.05, 3.63) is 0 Å². The number of nitrogens with one attached hydrogen (secondary N) is 1. The Labute approximate surface area is 455 Å². The smallest absolute Gasteiger partial charge is 0.303 e. The van der Waals surface area contributed by atoms with E-state index in [1.165, 1.54) is 55.4 Å². The summed E-state index contributed by atoms with van der Waals surface area (Å²) in [4.78, 5) is 66.0. The molecule has 1 amide bonds. The van der Waals surface area contributed by atoms with Crippen LogP contribution < -0.4 is 5.32 Å². The summed E-state index contributed by atoms with van der Waals surface area (Å²) < 4.78 is 4.49. The summed E-state index contributed by atoms with van der Waals surface area (Å²) in [5, 5.41) is 2.39. The monoisotopic (exact) mass is 1020 g/mol. The van der Waals surface area contributed by atoms with Crippen LogP contribution in [0.25, 0.3) is 0 Å². The highest BCUT2D eigenvalue weighted by molar-refractivity contribution is 5.78. The van der Waals surface area contributed by atoms with Crippen LogP contribution in [0, 0.1) is 72.1 Å². The van der Waals surface area contributed by atoms with Gasteiger partial charge in [0.15, 0.2) is 6.61 Å². The Morgan fingerprint density at radius 2 is 0.577 bits per heavy atom. The van der Waals surface area contributed by atoms with Gasteiger partial charge in [-0.2, -0.15) is 0 Å². The molecular weight excluding hydrogens is 887 g/mol. The van der Waals surface area contributed by atoms with Gasteiger partial charge in [0, 0.05) is 20.9 Å². The molecule has 0 aliphatic carbocycles. The minimum atomic E-state index is -0.357. The average Bonchev–Trinajstić information content (AvgIpc) is 3.39. The van der Waals surface area contributed by atoms with Gasteiger partial charge in [0.25, 0.3) is 0 Å². The number of amides is 1. The van der Waals surface area contributed by atoms with Gasteiger partial charge in [-0.25, -0.2) is 0 Å². The van der Waals surface area contributed by atoms with Crippen LogP contribution in [0.2, 0.25) is 0 Å². The van der Waals surface area contributed by atoms with Crippen molar-refractivity contribution >= 4 is 42.3 Å². The molecule has 71 heavy (non-hydrogen) atoms. The lowest BCUT2D eigenvalue weighted by Crippen LogP contribution is -2.11. The van der Waals surface area contributed by atoms with E-state index in [2.05, 4.69) is 69.3 Å². The standard InChI is InChI=1S/C9H6O2.C9H6O.C3H7NO.C3H6O.3C2H4O.14C2H6.4CH4/c1-3-4-5-6-7-8-11-9(2)10;1-3-4-5-6-7-8-9(2)10;1-3(5)4-2;1-3(2)4;3*1-2-3;14*1-2;;;;/h1H,8H2,2H3;1H,8H2,2H3;1-2H3,(H,4,5);1-2H3;3*2H,1H3;14*1-2H3;4*1H4. The Kier molecular flexibility index (Phi) is 1100. The van der Waals surface area contributed by atoms with Gasteiger partial charge in [0.05, 0.1) is 6.42 Å². The molecule has 0 atom stereocenters. The quantitative estimate of drug-likeness (QED) is 0.164. The van der Waals surface area contributed by atoms with Crippen molar-refractivity contribution in [3.8, 4) is 72.1 Å². The minimum absolute atomic E-state index is 0. The van der Waals surface area contributed by atoms with E-state index in [1.54, 1.807) is 7.05 Å². The van der Waals surface area contributed by atoms with Gasteiger partial charge in [-0.3, -0.25) is 14.4 Å². The SMILES string of the molecule is C.C.C.C.C#CC#CC#CCC(C)=O.C#CC#CC#CCOC(C)=O.CC.CC.CC.CC.CC.CC.CC.CC.CC.CC.CC.CC.CC.CC.CC(C)=O.CC=O.CC=O.CC=O.CNC(C)=O. The van der Waals surface area contributed by atoms with E-state index in [9.17, 15) is 19.2 Å². The van der Waals surface area contributed by atoms with Gasteiger partial charge in [-0.15, -0.1) is 12.8 Å². The maximum Gasteiger partial charge on any atom is 0.303 e. The van der Waals surface area contributed by atoms with E-state index in [-0.39, 0.29) is 66.2 Å². The van der Waals surface area contributed by atoms with Crippen LogP contribution in [0.4, 0.5) is 0 Å². The highest BCUT2D eigenvalue weighted by Gasteiger charge is 1.84. The number of esters is 1. The van der Waals surface area contributed by atoms with Crippen LogP contribution in [0.15, 0.2) is 0 Å². The lowest BCUT2D eigenvalue weighted by atomic mass is 10.3. The first-order chi connectivity index (χ1) is 32.3. The molecule has 0 radical (unpaired) electrons. The summed E-state index contributed by atoms with van der Waals surface area (Å²) in [5.41, 5.74) is 0. The van der Waals surface area contributed by atoms with E-state index >= 15 is 0 Å². The molecule has 438 valence electrons. The number of hydrogen-bond donors (Lipinski definition) is 1. The molecule has 9 heteroatoms. The number of ether oxygens (including phenoxy) is 1. The fraction of sp³-hybridized carbons (Fsp3) is 0.694. The highest BCUT2D eigenvalue weighted by atomic mass is 16.5. The van der Waals surface area contributed by atoms with E-state index < -0.39 is 0 Å². The third-order valence-electron chi connectivity index (χ3n) is 1.61. The molecule has 0 aliphatic heterocycles. The predicted molar refractivity (Wildman–Crippen MR) is 338 cm³/mol. The van der Waals surface area contributed by atoms with E-state index in [0.29, 0.717) is 0 Å². The number of rotatable bonds is 2. The predicted octanol–water partition coefficient (Wildman–Crippen LogP) is 18.7. The van der Waals surface area contributed by atoms with Crippen molar-refractivity contribution in [1.82, 2.24) is 5.32 Å². The van der Waals surface area contributed by atoms with Crippen LogP contribution >= 0.6 is 0 Å². The van der Waals surface area contributed by atoms with Crippen LogP contribution in [0.3, 0.4) is 0 Å². The number of ketones is 2. The largest absolute Gasteiger partial charge is 0.453 e. The van der Waals surface area contributed by atoms with Crippen molar-refractivity contribution < 1.29 is 38.3 Å². The summed E-state index contributed by atoms with van der Waals surface area (Å²) in [7, 11) is 1.60. The molecule has 0 saturated heterocycles. The summed E-state index contributed by atoms with van der Waals surface area (Å²) in [6.45, 7) is 67.7. The molecule has 0 aromatic carbocycles. The zero-order valence-corrected chi connectivity index (χ0v) is 52.1. The highest BCUT2D eigenvalue weighted by Crippen LogP contribution is 1.75. The van der Waals surface area contributed by atoms with E-state index in [0.717, 1.165) is 18.9 Å². The number of hydrogen-bond acceptors (Lipinski definition) is 8. The van der Waals surface area contributed by atoms with Crippen molar-refractivity contribution in [2.24, 2.45) is 0 Å². The molecule has 0 aromatic heterocycles. The van der Waals surface area contributed by atoms with Gasteiger partial charge in [-0.05, 0) is 94.8 Å². The van der Waals surface area contributed by atoms with Crippen molar-refractivity contribution in [2.75, 3.05) is 13.7 Å². The maximum absolute atomic E-state index is 10.3. The minimum Gasteiger partial charge on any atom is -0.453 e. The lowest BCUT2D eigenvalue weighted by molar-refractivity contribution is -0.139. The van der Waals surface area contributed by atoms with Gasteiger partial charge >= 0.3 is 5.97 Å². The van der Waals surface area contributed by atoms with Crippen molar-refractivity contribution in [3.63, 3.8) is 0 Å². The second-order valence-corrected chi connectivity index (χ2v) is 5.47. The van der Waals surface area contributed by atoms with Crippen molar-refractivity contribution in [2.45, 2.75) is 285 Å². The molecular formula is C62H137NO8. The second kappa shape index (κ2) is 468. The van der Waals surface area contributed by atoms with E-state index in [1.807, 2.05) is 194 Å². The Morgan fingerprint density at radius 3 is 0.704 bits per heavy atom. The molecule has 0 rings (SSSR count). The molecule has 0 aromatic rings. The number of aldehydes is 3. The Balaban J connectivity index is -0.0000000142. The zero-order chi connectivity index (χ0) is 60.3. The Bertz CT molecular complexity index is 1020. The van der Waals surface area contributed by atoms with Gasteiger partial charge in [0.2, 0.25) is 5.91 Å². The van der Waals surface area contributed by atoms with Crippen LogP contribution in [-0.2, 0) is 38.3 Å². The summed E-state index contributed by atoms with van der Waals surface area (Å²) in [6, 6.07) is 0. The third-order valence-corrected chi connectivity index (χ3v) is 1.61. The Hall–Kier alpha value is -5.35. The number of Topliss-reactive ketones (excluding diaryl/α,β-unsaturated/α-hetero) is 2. The molecule has 0 spiro atoms. The number of carbonyl (C=O) groups is 7. The molecule has 0 saturated carbocycles. The van der Waals surface area contributed by atoms with Gasteiger partial charge in [-0.1, -0.05) is 229 Å². The normalized spacial score (nSPS) is 4.27. The summed E-state index contributed by atoms with van der Waals surface area (Å²) in [6.07, 6.45) is 12.1. The molecule has 0 aliphatic rings. The van der Waals surface area contributed by atoms with Crippen molar-refractivity contribution in [1.29, 1.82) is 0 Å². The molecule has 0 unspecified atom stereocenters. The van der Waals surface area contributed by atoms with Crippen LogP contribution in [0.1, 0.15) is 285 Å². The lowest BCUT2D eigenvalue weighted by Gasteiger charge is -1.89. The fourth-order valence-electron chi connectivity index (χ4n) is 0.566. The summed E-state index contributed by atoms with van der Waals surface area (Å²) in [5.74, 6) is 23.3. The van der Waals surface area contributed by atoms with Gasteiger partial charge < -0.3 is 29.2 Å². The second-order valence-electron chi connectivity index (χ2n) is 5.47. The summed E-state index contributed by atoms with van der Waals surface area (Å²) >= 11 is 0. The Morgan fingerprint density at radius 1 is 0.408 bits per heavy atom. The fourth-order valence-corrected chi connectivity index (χ4v) is 0.566. The van der Waals surface area contributed by atoms with Crippen LogP contribution in [-0.4, -0.2) is 56.0 Å². The molecule has 9 nitrogen and oxygen atoms in total. The molecule has 0 fully saturated rings. The number of terminal acetylenes is 2. The maximum atomic E-state index is 10.3. The average molecular weight is 1020 g/mol. The zero-order valence-electron chi connectivity index (χ0n) is 52.1. The van der Waals surface area contributed by atoms with Gasteiger partial charge in [0.1, 0.15) is 30.4 Å². The number of carbonyl (C=O) groups excluding carboxylic acids is 7. The first-order valence-electron chi connectivity index (χ1n) is 24.6. The third kappa shape index (κ3) is 1870. The van der Waals surface area contributed by atoms with E-state index in [4.69, 9.17) is 27.2 Å². The topological polar surface area (TPSA) is 141 Å².